The standard InChI is InChI=1S/C19H22N6OS/c1-11(2)13-9-15(21-10-14(13)18(26)25(4)5)17-23-19(27-24-17)22-16-12(3)7-6-8-20-16/h6-11H,1-5H3,(H,20,22,23,24). The maximum Gasteiger partial charge on any atom is 0.255 e. The minimum Gasteiger partial charge on any atom is -0.345 e. The SMILES string of the molecule is Cc1cccnc1Nc1nc(-c2cc(C(C)C)c(C(=O)N(C)C)cn2)ns1. The van der Waals surface area contributed by atoms with Crippen LogP contribution in [0.4, 0.5) is 10.9 Å². The molecule has 1 amide bonds. The first-order chi connectivity index (χ1) is 12.9. The Morgan fingerprint density at radius 1 is 1.26 bits per heavy atom. The van der Waals surface area contributed by atoms with Gasteiger partial charge in [0.05, 0.1) is 5.56 Å². The highest BCUT2D eigenvalue weighted by atomic mass is 32.1. The first kappa shape index (κ1) is 18.9. The third-order valence-electron chi connectivity index (χ3n) is 4.08. The number of rotatable bonds is 5. The summed E-state index contributed by atoms with van der Waals surface area (Å²) in [4.78, 5) is 27.2. The van der Waals surface area contributed by atoms with Crippen LogP contribution in [0.2, 0.25) is 0 Å². The van der Waals surface area contributed by atoms with Crippen LogP contribution < -0.4 is 5.32 Å². The van der Waals surface area contributed by atoms with Gasteiger partial charge < -0.3 is 10.2 Å². The highest BCUT2D eigenvalue weighted by Gasteiger charge is 2.19. The molecule has 0 aromatic carbocycles. The van der Waals surface area contributed by atoms with Crippen molar-refractivity contribution < 1.29 is 4.79 Å². The molecule has 8 heteroatoms. The average molecular weight is 382 g/mol. The lowest BCUT2D eigenvalue weighted by Crippen LogP contribution is -2.23. The molecule has 0 saturated heterocycles. The van der Waals surface area contributed by atoms with Gasteiger partial charge in [0.15, 0.2) is 5.82 Å². The van der Waals surface area contributed by atoms with E-state index in [4.69, 9.17) is 0 Å². The molecule has 0 aliphatic carbocycles. The molecular weight excluding hydrogens is 360 g/mol. The quantitative estimate of drug-likeness (QED) is 0.721. The number of pyridine rings is 2. The van der Waals surface area contributed by atoms with Crippen LogP contribution in [0, 0.1) is 6.92 Å². The van der Waals surface area contributed by atoms with Gasteiger partial charge in [-0.3, -0.25) is 9.78 Å². The molecule has 0 radical (unpaired) electrons. The topological polar surface area (TPSA) is 83.9 Å². The minimum absolute atomic E-state index is 0.0584. The van der Waals surface area contributed by atoms with Gasteiger partial charge in [0.2, 0.25) is 5.13 Å². The van der Waals surface area contributed by atoms with E-state index in [2.05, 4.69) is 38.5 Å². The first-order valence-electron chi connectivity index (χ1n) is 8.61. The number of carbonyl (C=O) groups excluding carboxylic acids is 1. The summed E-state index contributed by atoms with van der Waals surface area (Å²) in [5, 5.41) is 3.84. The zero-order chi connectivity index (χ0) is 19.6. The van der Waals surface area contributed by atoms with Crippen molar-refractivity contribution in [3.05, 3.63) is 47.3 Å². The predicted molar refractivity (Wildman–Crippen MR) is 108 cm³/mol. The van der Waals surface area contributed by atoms with Crippen molar-refractivity contribution in [2.75, 3.05) is 19.4 Å². The maximum absolute atomic E-state index is 12.4. The molecule has 0 spiro atoms. The molecule has 3 rings (SSSR count). The summed E-state index contributed by atoms with van der Waals surface area (Å²) in [6.45, 7) is 6.09. The summed E-state index contributed by atoms with van der Waals surface area (Å²) in [5.41, 5.74) is 3.22. The second-order valence-corrected chi connectivity index (χ2v) is 7.48. The van der Waals surface area contributed by atoms with E-state index in [1.165, 1.54) is 11.5 Å². The molecule has 1 N–H and O–H groups in total. The molecule has 0 fully saturated rings. The molecule has 7 nitrogen and oxygen atoms in total. The Kier molecular flexibility index (Phi) is 5.46. The fourth-order valence-corrected chi connectivity index (χ4v) is 3.16. The van der Waals surface area contributed by atoms with Gasteiger partial charge in [-0.2, -0.15) is 9.36 Å². The molecule has 3 aromatic heterocycles. The number of hydrogen-bond acceptors (Lipinski definition) is 7. The van der Waals surface area contributed by atoms with Crippen molar-refractivity contribution >= 4 is 28.4 Å². The van der Waals surface area contributed by atoms with Crippen molar-refractivity contribution in [1.82, 2.24) is 24.2 Å². The Morgan fingerprint density at radius 2 is 2.04 bits per heavy atom. The number of nitrogens with zero attached hydrogens (tertiary/aromatic N) is 5. The zero-order valence-electron chi connectivity index (χ0n) is 16.0. The molecular formula is C19H22N6OS. The number of hydrogen-bond donors (Lipinski definition) is 1. The average Bonchev–Trinajstić information content (AvgIpc) is 3.11. The normalized spacial score (nSPS) is 10.9. The summed E-state index contributed by atoms with van der Waals surface area (Å²) in [5.74, 6) is 1.40. The van der Waals surface area contributed by atoms with E-state index < -0.39 is 0 Å². The fourth-order valence-electron chi connectivity index (χ4n) is 2.59. The molecule has 3 heterocycles. The third-order valence-corrected chi connectivity index (χ3v) is 4.71. The smallest absolute Gasteiger partial charge is 0.255 e. The Hall–Kier alpha value is -2.87. The molecule has 0 saturated carbocycles. The lowest BCUT2D eigenvalue weighted by Gasteiger charge is -2.16. The first-order valence-corrected chi connectivity index (χ1v) is 9.38. The Balaban J connectivity index is 1.91. The number of anilines is 2. The van der Waals surface area contributed by atoms with Gasteiger partial charge in [0.25, 0.3) is 5.91 Å². The monoisotopic (exact) mass is 382 g/mol. The zero-order valence-corrected chi connectivity index (χ0v) is 16.8. The number of aromatic nitrogens is 4. The Morgan fingerprint density at radius 3 is 2.70 bits per heavy atom. The van der Waals surface area contributed by atoms with Crippen LogP contribution in [0.5, 0.6) is 0 Å². The Bertz CT molecular complexity index is 966. The number of amides is 1. The number of nitrogens with one attached hydrogen (secondary N) is 1. The van der Waals surface area contributed by atoms with Gasteiger partial charge in [0, 0.05) is 38.0 Å². The van der Waals surface area contributed by atoms with Crippen molar-refractivity contribution in [3.63, 3.8) is 0 Å². The van der Waals surface area contributed by atoms with E-state index in [0.29, 0.717) is 22.2 Å². The molecule has 0 bridgehead atoms. The molecule has 0 aliphatic rings. The summed E-state index contributed by atoms with van der Waals surface area (Å²) < 4.78 is 4.40. The van der Waals surface area contributed by atoms with Crippen LogP contribution in [0.3, 0.4) is 0 Å². The second-order valence-electron chi connectivity index (χ2n) is 6.73. The van der Waals surface area contributed by atoms with E-state index in [1.807, 2.05) is 25.1 Å². The number of carbonyl (C=O) groups is 1. The summed E-state index contributed by atoms with van der Waals surface area (Å²) >= 11 is 1.25. The van der Waals surface area contributed by atoms with E-state index in [0.717, 1.165) is 16.9 Å². The highest BCUT2D eigenvalue weighted by Crippen LogP contribution is 2.27. The van der Waals surface area contributed by atoms with Gasteiger partial charge in [-0.15, -0.1) is 0 Å². The molecule has 140 valence electrons. The van der Waals surface area contributed by atoms with E-state index in [9.17, 15) is 4.79 Å². The maximum atomic E-state index is 12.4. The van der Waals surface area contributed by atoms with Crippen molar-refractivity contribution in [2.45, 2.75) is 26.7 Å². The summed E-state index contributed by atoms with van der Waals surface area (Å²) in [6, 6.07) is 5.77. The van der Waals surface area contributed by atoms with Gasteiger partial charge in [-0.25, -0.2) is 4.98 Å². The molecule has 0 unspecified atom stereocenters. The lowest BCUT2D eigenvalue weighted by molar-refractivity contribution is 0.0825. The number of aryl methyl sites for hydroxylation is 1. The predicted octanol–water partition coefficient (Wildman–Crippen LogP) is 3.87. The van der Waals surface area contributed by atoms with Crippen molar-refractivity contribution in [2.24, 2.45) is 0 Å². The fraction of sp³-hybridized carbons (Fsp3) is 0.316. The van der Waals surface area contributed by atoms with Gasteiger partial charge in [0.1, 0.15) is 11.5 Å². The minimum atomic E-state index is -0.0584. The third kappa shape index (κ3) is 4.11. The highest BCUT2D eigenvalue weighted by molar-refractivity contribution is 7.09. The van der Waals surface area contributed by atoms with Crippen LogP contribution in [-0.4, -0.2) is 44.2 Å². The van der Waals surface area contributed by atoms with Crippen LogP contribution in [0.15, 0.2) is 30.6 Å². The van der Waals surface area contributed by atoms with Crippen molar-refractivity contribution in [1.29, 1.82) is 0 Å². The van der Waals surface area contributed by atoms with E-state index >= 15 is 0 Å². The Labute approximate surface area is 162 Å². The van der Waals surface area contributed by atoms with Crippen molar-refractivity contribution in [3.8, 4) is 11.5 Å². The van der Waals surface area contributed by atoms with Crippen LogP contribution in [-0.2, 0) is 0 Å². The molecule has 0 aliphatic heterocycles. The largest absolute Gasteiger partial charge is 0.345 e. The molecule has 0 atom stereocenters. The van der Waals surface area contributed by atoms with Crippen LogP contribution in [0.25, 0.3) is 11.5 Å². The molecule has 3 aromatic rings. The summed E-state index contributed by atoms with van der Waals surface area (Å²) in [6.07, 6.45) is 3.35. The van der Waals surface area contributed by atoms with E-state index in [1.54, 1.807) is 31.4 Å². The summed E-state index contributed by atoms with van der Waals surface area (Å²) in [7, 11) is 3.47. The second kappa shape index (κ2) is 7.79. The lowest BCUT2D eigenvalue weighted by atomic mass is 9.97. The van der Waals surface area contributed by atoms with Crippen LogP contribution >= 0.6 is 11.5 Å². The van der Waals surface area contributed by atoms with Gasteiger partial charge >= 0.3 is 0 Å². The molecule has 27 heavy (non-hydrogen) atoms. The van der Waals surface area contributed by atoms with E-state index in [-0.39, 0.29) is 11.8 Å². The van der Waals surface area contributed by atoms with Gasteiger partial charge in [-0.05, 0) is 36.1 Å². The van der Waals surface area contributed by atoms with Gasteiger partial charge in [-0.1, -0.05) is 19.9 Å². The van der Waals surface area contributed by atoms with Crippen LogP contribution in [0.1, 0.15) is 41.3 Å².